The zero-order valence-corrected chi connectivity index (χ0v) is 35.6. The van der Waals surface area contributed by atoms with Gasteiger partial charge in [-0.1, -0.05) is 6.92 Å². The number of ether oxygens (including phenoxy) is 4. The number of aryl methyl sites for hydroxylation is 2. The summed E-state index contributed by atoms with van der Waals surface area (Å²) in [5, 5.41) is 3.30. The van der Waals surface area contributed by atoms with Crippen molar-refractivity contribution in [2.45, 2.75) is 58.8 Å². The average Bonchev–Trinajstić information content (AvgIpc) is 3.20. The third-order valence-corrected chi connectivity index (χ3v) is 10.6. The van der Waals surface area contributed by atoms with Gasteiger partial charge in [0.1, 0.15) is 23.0 Å². The van der Waals surface area contributed by atoms with Crippen LogP contribution in [0, 0.1) is 0 Å². The SMILES string of the molecule is CCCC(=O)N1CCc2c(-c3cc(OC)c(CN(C)C)c(OC)c3)cn(C)c(=O)c2C1.COc1cc(-c2cn(C)c(=O)c3c2CCNC3)cc(OC)c1CN(C)C. The monoisotopic (exact) mass is 784 g/mol. The van der Waals surface area contributed by atoms with E-state index in [1.165, 1.54) is 0 Å². The number of nitrogens with one attached hydrogen (secondary N) is 1. The molecule has 0 fully saturated rings. The molecule has 0 radical (unpaired) electrons. The number of carbonyl (C=O) groups excluding carboxylic acids is 1. The fourth-order valence-electron chi connectivity index (χ4n) is 7.83. The Morgan fingerprint density at radius 3 is 1.54 bits per heavy atom. The van der Waals surface area contributed by atoms with Crippen LogP contribution in [0.25, 0.3) is 22.3 Å². The number of hydrogen-bond acceptors (Lipinski definition) is 10. The first kappa shape index (κ1) is 43.0. The average molecular weight is 785 g/mol. The van der Waals surface area contributed by atoms with Gasteiger partial charge >= 0.3 is 0 Å². The van der Waals surface area contributed by atoms with E-state index in [0.717, 1.165) is 99.0 Å². The predicted octanol–water partition coefficient (Wildman–Crippen LogP) is 4.59. The van der Waals surface area contributed by atoms with Crippen LogP contribution < -0.4 is 35.4 Å². The first-order chi connectivity index (χ1) is 27.3. The lowest BCUT2D eigenvalue weighted by molar-refractivity contribution is -0.132. The number of pyridine rings is 2. The second-order valence-electron chi connectivity index (χ2n) is 15.3. The van der Waals surface area contributed by atoms with E-state index in [1.807, 2.05) is 71.8 Å². The van der Waals surface area contributed by atoms with Gasteiger partial charge in [0, 0.05) is 81.3 Å². The second-order valence-corrected chi connectivity index (χ2v) is 15.3. The van der Waals surface area contributed by atoms with Crippen molar-refractivity contribution in [3.63, 3.8) is 0 Å². The topological polar surface area (TPSA) is 120 Å². The molecule has 1 N–H and O–H groups in total. The van der Waals surface area contributed by atoms with Crippen molar-refractivity contribution in [1.29, 1.82) is 0 Å². The van der Waals surface area contributed by atoms with Gasteiger partial charge in [0.2, 0.25) is 5.91 Å². The van der Waals surface area contributed by atoms with Gasteiger partial charge < -0.3 is 48.1 Å². The van der Waals surface area contributed by atoms with Crippen LogP contribution in [-0.4, -0.2) is 99.5 Å². The summed E-state index contributed by atoms with van der Waals surface area (Å²) in [7, 11) is 18.3. The molecule has 13 heteroatoms. The number of rotatable bonds is 12. The molecule has 0 saturated carbocycles. The molecule has 308 valence electrons. The summed E-state index contributed by atoms with van der Waals surface area (Å²) in [6.45, 7) is 5.88. The molecule has 0 aliphatic carbocycles. The highest BCUT2D eigenvalue weighted by molar-refractivity contribution is 5.78. The second kappa shape index (κ2) is 18.9. The van der Waals surface area contributed by atoms with Crippen molar-refractivity contribution in [2.24, 2.45) is 14.1 Å². The Labute approximate surface area is 336 Å². The minimum Gasteiger partial charge on any atom is -0.496 e. The lowest BCUT2D eigenvalue weighted by atomic mass is 9.91. The predicted molar refractivity (Wildman–Crippen MR) is 225 cm³/mol. The van der Waals surface area contributed by atoms with Crippen molar-refractivity contribution < 1.29 is 23.7 Å². The molecule has 0 spiro atoms. The van der Waals surface area contributed by atoms with E-state index < -0.39 is 0 Å². The third-order valence-electron chi connectivity index (χ3n) is 10.6. The third kappa shape index (κ3) is 9.38. The number of carbonyl (C=O) groups is 1. The van der Waals surface area contributed by atoms with E-state index in [9.17, 15) is 14.4 Å². The molecule has 0 saturated heterocycles. The molecule has 13 nitrogen and oxygen atoms in total. The molecular weight excluding hydrogens is 725 g/mol. The smallest absolute Gasteiger partial charge is 0.255 e. The number of hydrogen-bond donors (Lipinski definition) is 1. The van der Waals surface area contributed by atoms with Gasteiger partial charge in [-0.05, 0) is 101 Å². The maximum atomic E-state index is 12.9. The van der Waals surface area contributed by atoms with Gasteiger partial charge in [0.15, 0.2) is 0 Å². The van der Waals surface area contributed by atoms with Crippen LogP contribution in [0.4, 0.5) is 0 Å². The van der Waals surface area contributed by atoms with Crippen molar-refractivity contribution in [3.8, 4) is 45.3 Å². The minimum atomic E-state index is -0.0455. The summed E-state index contributed by atoms with van der Waals surface area (Å²) >= 11 is 0. The molecule has 4 heterocycles. The molecular formula is C44H60N6O7. The van der Waals surface area contributed by atoms with E-state index in [-0.39, 0.29) is 17.0 Å². The Bertz CT molecular complexity index is 2160. The first-order valence-electron chi connectivity index (χ1n) is 19.5. The zero-order chi connectivity index (χ0) is 41.6. The quantitative estimate of drug-likeness (QED) is 0.219. The number of methoxy groups -OCH3 is 4. The minimum absolute atomic E-state index is 0.0455. The van der Waals surface area contributed by atoms with Gasteiger partial charge in [-0.2, -0.15) is 0 Å². The van der Waals surface area contributed by atoms with E-state index in [4.69, 9.17) is 18.9 Å². The molecule has 57 heavy (non-hydrogen) atoms. The van der Waals surface area contributed by atoms with E-state index in [2.05, 4.69) is 15.1 Å². The summed E-state index contributed by atoms with van der Waals surface area (Å²) in [5.74, 6) is 3.20. The fourth-order valence-corrected chi connectivity index (χ4v) is 7.83. The number of nitrogens with zero attached hydrogens (tertiary/aromatic N) is 5. The van der Waals surface area contributed by atoms with Crippen molar-refractivity contribution >= 4 is 5.91 Å². The van der Waals surface area contributed by atoms with Crippen LogP contribution in [0.5, 0.6) is 23.0 Å². The van der Waals surface area contributed by atoms with E-state index in [0.29, 0.717) is 44.6 Å². The maximum Gasteiger partial charge on any atom is 0.255 e. The summed E-state index contributed by atoms with van der Waals surface area (Å²) in [4.78, 5) is 43.8. The van der Waals surface area contributed by atoms with Gasteiger partial charge in [-0.3, -0.25) is 14.4 Å². The Hall–Kier alpha value is -5.11. The highest BCUT2D eigenvalue weighted by Gasteiger charge is 2.27. The molecule has 2 aromatic carbocycles. The summed E-state index contributed by atoms with van der Waals surface area (Å²) in [5.41, 5.74) is 9.70. The molecule has 2 aliphatic heterocycles. The van der Waals surface area contributed by atoms with Crippen LogP contribution in [0.3, 0.4) is 0 Å². The van der Waals surface area contributed by atoms with Gasteiger partial charge in [0.25, 0.3) is 11.1 Å². The highest BCUT2D eigenvalue weighted by Crippen LogP contribution is 2.39. The van der Waals surface area contributed by atoms with Gasteiger partial charge in [0.05, 0.1) is 46.1 Å². The van der Waals surface area contributed by atoms with E-state index in [1.54, 1.807) is 56.6 Å². The molecule has 2 aliphatic rings. The standard InChI is InChI=1S/C24H33N3O4.C20H27N3O3/c1-7-8-23(28)27-10-9-17-18(14-26(4)24(29)19(17)15-27)16-11-21(30-5)20(13-25(2)3)22(12-16)31-6;1-22(2)11-17-18(25-4)8-13(9-19(17)26-5)16-12-23(3)20(24)15-10-21-7-6-14(15)16/h11-12,14H,7-10,13,15H2,1-6H3;8-9,12,21H,6-7,10-11H2,1-5H3. The Morgan fingerprint density at radius 2 is 1.12 bits per heavy atom. The van der Waals surface area contributed by atoms with Gasteiger partial charge in [-0.25, -0.2) is 0 Å². The van der Waals surface area contributed by atoms with Crippen molar-refractivity contribution in [1.82, 2.24) is 29.2 Å². The van der Waals surface area contributed by atoms with Crippen molar-refractivity contribution in [3.05, 3.63) is 90.7 Å². The molecule has 1 amide bonds. The van der Waals surface area contributed by atoms with Crippen molar-refractivity contribution in [2.75, 3.05) is 69.7 Å². The largest absolute Gasteiger partial charge is 0.496 e. The molecule has 2 aromatic heterocycles. The van der Waals surface area contributed by atoms with Crippen LogP contribution in [0.2, 0.25) is 0 Å². The first-order valence-corrected chi connectivity index (χ1v) is 19.5. The molecule has 4 aromatic rings. The number of fused-ring (bicyclic) bond motifs is 2. The lowest BCUT2D eigenvalue weighted by Gasteiger charge is -2.30. The Balaban J connectivity index is 0.000000221. The Morgan fingerprint density at radius 1 is 0.684 bits per heavy atom. The molecule has 0 atom stereocenters. The Kier molecular flexibility index (Phi) is 14.3. The summed E-state index contributed by atoms with van der Waals surface area (Å²) in [6.07, 6.45) is 6.61. The van der Waals surface area contributed by atoms with Gasteiger partial charge in [-0.15, -0.1) is 0 Å². The molecule has 6 rings (SSSR count). The lowest BCUT2D eigenvalue weighted by Crippen LogP contribution is -2.40. The van der Waals surface area contributed by atoms with Crippen LogP contribution in [-0.2, 0) is 57.9 Å². The fraction of sp³-hybridized carbons (Fsp3) is 0.477. The molecule has 0 bridgehead atoms. The van der Waals surface area contributed by atoms with Crippen LogP contribution in [0.1, 0.15) is 53.1 Å². The van der Waals surface area contributed by atoms with Crippen LogP contribution in [0.15, 0.2) is 46.2 Å². The number of amides is 1. The summed E-state index contributed by atoms with van der Waals surface area (Å²) < 4.78 is 26.0. The summed E-state index contributed by atoms with van der Waals surface area (Å²) in [6, 6.07) is 8.11. The maximum absolute atomic E-state index is 12.9. The number of aromatic nitrogens is 2. The number of benzene rings is 2. The zero-order valence-electron chi connectivity index (χ0n) is 35.6. The molecule has 0 unspecified atom stereocenters. The normalized spacial score (nSPS) is 13.5. The van der Waals surface area contributed by atoms with Crippen LogP contribution >= 0.6 is 0 Å². The highest BCUT2D eigenvalue weighted by atomic mass is 16.5. The van der Waals surface area contributed by atoms with E-state index >= 15 is 0 Å².